The van der Waals surface area contributed by atoms with Gasteiger partial charge in [-0.05, 0) is 53.9 Å². The summed E-state index contributed by atoms with van der Waals surface area (Å²) in [5.41, 5.74) is 5.03. The van der Waals surface area contributed by atoms with Crippen LogP contribution >= 0.6 is 15.9 Å². The monoisotopic (exact) mass is 576 g/mol. The maximum absolute atomic E-state index is 13.6. The molecule has 194 valence electrons. The van der Waals surface area contributed by atoms with Crippen LogP contribution in [-0.2, 0) is 6.54 Å². The van der Waals surface area contributed by atoms with Crippen LogP contribution < -0.4 is 5.56 Å². The van der Waals surface area contributed by atoms with E-state index in [2.05, 4.69) is 102 Å². The maximum atomic E-state index is 13.6. The van der Waals surface area contributed by atoms with Crippen molar-refractivity contribution in [3.63, 3.8) is 0 Å². The summed E-state index contributed by atoms with van der Waals surface area (Å²) in [6.07, 6.45) is 2.68. The number of aromatic nitrogens is 3. The first-order valence-corrected chi connectivity index (χ1v) is 14.1. The smallest absolute Gasteiger partial charge is 0.282 e. The van der Waals surface area contributed by atoms with Crippen LogP contribution in [0.15, 0.2) is 99.3 Å². The number of para-hydroxylation sites is 1. The van der Waals surface area contributed by atoms with Gasteiger partial charge in [0, 0.05) is 39.1 Å². The third-order valence-electron chi connectivity index (χ3n) is 7.68. The second-order valence-corrected chi connectivity index (χ2v) is 11.0. The Kier molecular flexibility index (Phi) is 6.65. The fourth-order valence-corrected chi connectivity index (χ4v) is 5.68. The third-order valence-corrected chi connectivity index (χ3v) is 8.17. The highest BCUT2D eigenvalue weighted by atomic mass is 79.9. The third kappa shape index (κ3) is 4.49. The molecule has 4 aromatic carbocycles. The van der Waals surface area contributed by atoms with Gasteiger partial charge in [0.05, 0.1) is 17.1 Å². The number of hydrogen-bond donors (Lipinski definition) is 0. The van der Waals surface area contributed by atoms with E-state index in [0.717, 1.165) is 39.6 Å². The maximum Gasteiger partial charge on any atom is 0.282 e. The second kappa shape index (κ2) is 10.3. The lowest BCUT2D eigenvalue weighted by molar-refractivity contribution is 0.613. The minimum absolute atomic E-state index is 0.0803. The van der Waals surface area contributed by atoms with E-state index in [1.807, 2.05) is 30.5 Å². The van der Waals surface area contributed by atoms with Crippen LogP contribution in [0.4, 0.5) is 0 Å². The van der Waals surface area contributed by atoms with E-state index in [1.165, 1.54) is 21.0 Å². The first-order valence-electron chi connectivity index (χ1n) is 13.3. The molecule has 0 aliphatic rings. The minimum Gasteiger partial charge on any atom is -0.340 e. The molecule has 0 fully saturated rings. The van der Waals surface area contributed by atoms with Crippen molar-refractivity contribution in [1.82, 2.24) is 14.2 Å². The van der Waals surface area contributed by atoms with Crippen molar-refractivity contribution >= 4 is 54.7 Å². The van der Waals surface area contributed by atoms with E-state index < -0.39 is 0 Å². The van der Waals surface area contributed by atoms with Crippen LogP contribution in [0.1, 0.15) is 48.8 Å². The molecule has 6 aromatic rings. The summed E-state index contributed by atoms with van der Waals surface area (Å²) in [6.45, 7) is 7.05. The zero-order chi connectivity index (χ0) is 27.1. The molecule has 0 saturated heterocycles. The molecule has 2 heterocycles. The topological polar surface area (TPSA) is 52.2 Å². The molecule has 5 nitrogen and oxygen atoms in total. The fraction of sp³-hybridized carbons (Fsp3) is 0.182. The number of nitrogens with zero attached hydrogens (tertiary/aromatic N) is 4. The lowest BCUT2D eigenvalue weighted by Crippen LogP contribution is -2.23. The molecule has 0 unspecified atom stereocenters. The van der Waals surface area contributed by atoms with Crippen LogP contribution in [0.25, 0.3) is 32.6 Å². The van der Waals surface area contributed by atoms with Gasteiger partial charge in [-0.3, -0.25) is 4.79 Å². The zero-order valence-corrected chi connectivity index (χ0v) is 23.8. The van der Waals surface area contributed by atoms with E-state index in [1.54, 1.807) is 0 Å². The van der Waals surface area contributed by atoms with E-state index in [-0.39, 0.29) is 11.5 Å². The van der Waals surface area contributed by atoms with Gasteiger partial charge in [0.2, 0.25) is 0 Å². The molecule has 1 atom stereocenters. The van der Waals surface area contributed by atoms with Crippen LogP contribution in [0.3, 0.4) is 0 Å². The summed E-state index contributed by atoms with van der Waals surface area (Å²) in [7, 11) is 0. The molecule has 6 heteroatoms. The summed E-state index contributed by atoms with van der Waals surface area (Å²) in [4.78, 5) is 18.5. The van der Waals surface area contributed by atoms with Crippen molar-refractivity contribution in [1.29, 1.82) is 0 Å². The highest BCUT2D eigenvalue weighted by Crippen LogP contribution is 2.28. The van der Waals surface area contributed by atoms with Gasteiger partial charge in [0.25, 0.3) is 5.56 Å². The van der Waals surface area contributed by atoms with Crippen LogP contribution in [0.5, 0.6) is 0 Å². The molecule has 0 aliphatic carbocycles. The van der Waals surface area contributed by atoms with Gasteiger partial charge in [-0.15, -0.1) is 0 Å². The average Bonchev–Trinajstić information content (AvgIpc) is 3.22. The molecule has 0 radical (unpaired) electrons. The minimum atomic E-state index is -0.162. The lowest BCUT2D eigenvalue weighted by atomic mass is 10.0. The van der Waals surface area contributed by atoms with E-state index >= 15 is 0 Å². The van der Waals surface area contributed by atoms with Crippen molar-refractivity contribution in [2.45, 2.75) is 39.7 Å². The predicted octanol–water partition coefficient (Wildman–Crippen LogP) is 8.02. The molecule has 0 N–H and O–H groups in total. The highest BCUT2D eigenvalue weighted by Gasteiger charge is 2.17. The average molecular weight is 578 g/mol. The Labute approximate surface area is 235 Å². The lowest BCUT2D eigenvalue weighted by Gasteiger charge is -2.14. The summed E-state index contributed by atoms with van der Waals surface area (Å²) in [5, 5.41) is 8.93. The molecule has 0 aliphatic heterocycles. The Morgan fingerprint density at radius 2 is 1.69 bits per heavy atom. The SMILES string of the molecule is CC[C@@H](C)c1nc2ccc(Br)cc2c(=O)n1N=Cc1c(C)n(Cc2cccc3ccccc23)c2ccccc12. The number of hydrogen-bond acceptors (Lipinski definition) is 3. The molecule has 0 bridgehead atoms. The Bertz CT molecular complexity index is 1940. The molecular weight excluding hydrogens is 548 g/mol. The summed E-state index contributed by atoms with van der Waals surface area (Å²) in [5.74, 6) is 0.752. The van der Waals surface area contributed by atoms with Crippen LogP contribution in [-0.4, -0.2) is 20.4 Å². The Balaban J connectivity index is 1.51. The normalized spacial score (nSPS) is 12.7. The van der Waals surface area contributed by atoms with Gasteiger partial charge in [-0.25, -0.2) is 4.98 Å². The van der Waals surface area contributed by atoms with Gasteiger partial charge in [0.1, 0.15) is 5.82 Å². The van der Waals surface area contributed by atoms with Crippen molar-refractivity contribution in [3.8, 4) is 0 Å². The summed E-state index contributed by atoms with van der Waals surface area (Å²) >= 11 is 3.49. The number of fused-ring (bicyclic) bond motifs is 3. The van der Waals surface area contributed by atoms with Crippen LogP contribution in [0.2, 0.25) is 0 Å². The molecule has 0 saturated carbocycles. The Morgan fingerprint density at radius 1 is 0.949 bits per heavy atom. The van der Waals surface area contributed by atoms with Gasteiger partial charge in [-0.2, -0.15) is 9.78 Å². The largest absolute Gasteiger partial charge is 0.340 e. The van der Waals surface area contributed by atoms with Crippen molar-refractivity contribution in [2.75, 3.05) is 0 Å². The predicted molar refractivity (Wildman–Crippen MR) is 165 cm³/mol. The van der Waals surface area contributed by atoms with Crippen molar-refractivity contribution in [2.24, 2.45) is 5.10 Å². The van der Waals surface area contributed by atoms with E-state index in [9.17, 15) is 4.79 Å². The highest BCUT2D eigenvalue weighted by molar-refractivity contribution is 9.10. The Hall–Kier alpha value is -4.03. The van der Waals surface area contributed by atoms with Gasteiger partial charge >= 0.3 is 0 Å². The van der Waals surface area contributed by atoms with E-state index in [0.29, 0.717) is 16.7 Å². The molecular formula is C33H29BrN4O. The molecule has 39 heavy (non-hydrogen) atoms. The first kappa shape index (κ1) is 25.3. The number of benzene rings is 4. The van der Waals surface area contributed by atoms with Crippen molar-refractivity contribution < 1.29 is 0 Å². The summed E-state index contributed by atoms with van der Waals surface area (Å²) < 4.78 is 4.67. The zero-order valence-electron chi connectivity index (χ0n) is 22.2. The quantitative estimate of drug-likeness (QED) is 0.188. The number of halogens is 1. The van der Waals surface area contributed by atoms with Gasteiger partial charge < -0.3 is 4.57 Å². The van der Waals surface area contributed by atoms with Gasteiger partial charge in [-0.1, -0.05) is 90.4 Å². The standard InChI is InChI=1S/C33H29BrN4O/c1-4-21(2)32-36-30-17-16-25(34)18-28(30)33(39)38(32)35-19-29-22(3)37(31-15-8-7-14-27(29)31)20-24-12-9-11-23-10-5-6-13-26(23)24/h5-19,21H,4,20H2,1-3H3/t21-/m1/s1. The Morgan fingerprint density at radius 3 is 2.51 bits per heavy atom. The second-order valence-electron chi connectivity index (χ2n) is 10.0. The summed E-state index contributed by atoms with van der Waals surface area (Å²) in [6, 6.07) is 29.0. The first-order chi connectivity index (χ1) is 19.0. The van der Waals surface area contributed by atoms with Crippen LogP contribution in [0, 0.1) is 6.92 Å². The number of rotatable bonds is 6. The van der Waals surface area contributed by atoms with Gasteiger partial charge in [0.15, 0.2) is 0 Å². The van der Waals surface area contributed by atoms with E-state index in [4.69, 9.17) is 10.1 Å². The van der Waals surface area contributed by atoms with Crippen molar-refractivity contribution in [3.05, 3.63) is 122 Å². The molecule has 0 amide bonds. The molecule has 2 aromatic heterocycles. The fourth-order valence-electron chi connectivity index (χ4n) is 5.32. The molecule has 0 spiro atoms. The molecule has 6 rings (SSSR count).